The molecule has 0 unspecified atom stereocenters. The van der Waals surface area contributed by atoms with Crippen molar-refractivity contribution in [3.05, 3.63) is 71.7 Å². The van der Waals surface area contributed by atoms with E-state index in [0.29, 0.717) is 24.5 Å². The molecule has 3 aromatic rings. The van der Waals surface area contributed by atoms with Gasteiger partial charge in [0.1, 0.15) is 5.75 Å². The minimum Gasteiger partial charge on any atom is -0.497 e. The molecular formula is C25H29N3O3. The van der Waals surface area contributed by atoms with E-state index in [0.717, 1.165) is 44.0 Å². The lowest BCUT2D eigenvalue weighted by Gasteiger charge is -2.35. The number of ether oxygens (including phenoxy) is 1. The first kappa shape index (κ1) is 21.1. The fraction of sp³-hybridized carbons (Fsp3) is 0.360. The molecule has 162 valence electrons. The maximum Gasteiger partial charge on any atom is 0.223 e. The van der Waals surface area contributed by atoms with Crippen LogP contribution in [0.2, 0.25) is 0 Å². The summed E-state index contributed by atoms with van der Waals surface area (Å²) in [5.74, 6) is 2.26. The fourth-order valence-corrected chi connectivity index (χ4v) is 3.87. The number of methoxy groups -OCH3 is 1. The molecule has 2 heterocycles. The van der Waals surface area contributed by atoms with E-state index >= 15 is 0 Å². The molecule has 0 aliphatic carbocycles. The summed E-state index contributed by atoms with van der Waals surface area (Å²) in [6.07, 6.45) is 2.64. The van der Waals surface area contributed by atoms with Crippen molar-refractivity contribution >= 4 is 5.91 Å². The first-order chi connectivity index (χ1) is 15.1. The SMILES string of the molecule is COc1ccc(-c2cnc(CCC(=O)N3CCN(Cc4ccccc4C)CC3)o2)cc1. The van der Waals surface area contributed by atoms with Crippen LogP contribution in [0.4, 0.5) is 0 Å². The number of amides is 1. The van der Waals surface area contributed by atoms with Crippen LogP contribution >= 0.6 is 0 Å². The van der Waals surface area contributed by atoms with Crippen LogP contribution in [0, 0.1) is 6.92 Å². The Kier molecular flexibility index (Phi) is 6.67. The summed E-state index contributed by atoms with van der Waals surface area (Å²) in [5, 5.41) is 0. The van der Waals surface area contributed by atoms with E-state index in [1.807, 2.05) is 29.2 Å². The van der Waals surface area contributed by atoms with Crippen LogP contribution in [0.1, 0.15) is 23.4 Å². The third-order valence-electron chi connectivity index (χ3n) is 5.86. The van der Waals surface area contributed by atoms with Crippen molar-refractivity contribution in [2.75, 3.05) is 33.3 Å². The molecule has 6 heteroatoms. The molecule has 2 aromatic carbocycles. The highest BCUT2D eigenvalue weighted by molar-refractivity contribution is 5.76. The summed E-state index contributed by atoms with van der Waals surface area (Å²) in [4.78, 5) is 21.4. The Morgan fingerprint density at radius 2 is 1.81 bits per heavy atom. The Morgan fingerprint density at radius 1 is 1.06 bits per heavy atom. The van der Waals surface area contributed by atoms with Gasteiger partial charge in [0.25, 0.3) is 0 Å². The molecular weight excluding hydrogens is 390 g/mol. The summed E-state index contributed by atoms with van der Waals surface area (Å²) in [5.41, 5.74) is 3.62. The molecule has 6 nitrogen and oxygen atoms in total. The molecule has 4 rings (SSSR count). The maximum absolute atomic E-state index is 12.7. The molecule has 1 amide bonds. The lowest BCUT2D eigenvalue weighted by atomic mass is 10.1. The van der Waals surface area contributed by atoms with Crippen LogP contribution in [0.3, 0.4) is 0 Å². The first-order valence-electron chi connectivity index (χ1n) is 10.8. The summed E-state index contributed by atoms with van der Waals surface area (Å²) in [7, 11) is 1.64. The molecule has 0 atom stereocenters. The molecule has 1 aliphatic rings. The Bertz CT molecular complexity index is 1000. The van der Waals surface area contributed by atoms with Gasteiger partial charge in [-0.05, 0) is 42.3 Å². The van der Waals surface area contributed by atoms with E-state index in [2.05, 4.69) is 41.1 Å². The lowest BCUT2D eigenvalue weighted by Crippen LogP contribution is -2.48. The average Bonchev–Trinajstić information content (AvgIpc) is 3.29. The van der Waals surface area contributed by atoms with Gasteiger partial charge >= 0.3 is 0 Å². The number of aryl methyl sites for hydroxylation is 2. The van der Waals surface area contributed by atoms with Crippen LogP contribution in [0.25, 0.3) is 11.3 Å². The zero-order valence-electron chi connectivity index (χ0n) is 18.2. The number of carbonyl (C=O) groups is 1. The molecule has 0 saturated carbocycles. The van der Waals surface area contributed by atoms with Gasteiger partial charge in [0, 0.05) is 51.1 Å². The van der Waals surface area contributed by atoms with E-state index < -0.39 is 0 Å². The largest absolute Gasteiger partial charge is 0.497 e. The Balaban J connectivity index is 1.24. The number of carbonyl (C=O) groups excluding carboxylic acids is 1. The van der Waals surface area contributed by atoms with Gasteiger partial charge in [0.2, 0.25) is 5.91 Å². The van der Waals surface area contributed by atoms with Crippen molar-refractivity contribution in [1.29, 1.82) is 0 Å². The topological polar surface area (TPSA) is 58.8 Å². The number of piperazine rings is 1. The van der Waals surface area contributed by atoms with Crippen molar-refractivity contribution in [2.24, 2.45) is 0 Å². The van der Waals surface area contributed by atoms with E-state index in [1.165, 1.54) is 11.1 Å². The van der Waals surface area contributed by atoms with Crippen LogP contribution < -0.4 is 4.74 Å². The van der Waals surface area contributed by atoms with Crippen LogP contribution in [0.15, 0.2) is 59.1 Å². The number of hydrogen-bond donors (Lipinski definition) is 0. The van der Waals surface area contributed by atoms with E-state index in [9.17, 15) is 4.79 Å². The zero-order chi connectivity index (χ0) is 21.6. The first-order valence-corrected chi connectivity index (χ1v) is 10.8. The van der Waals surface area contributed by atoms with Gasteiger partial charge in [0.05, 0.1) is 13.3 Å². The summed E-state index contributed by atoms with van der Waals surface area (Å²) in [6.45, 7) is 6.44. The standard InChI is InChI=1S/C25H29N3O3/c1-19-5-3-4-6-21(19)18-27-13-15-28(16-14-27)25(29)12-11-24-26-17-23(31-24)20-7-9-22(30-2)10-8-20/h3-10,17H,11-16,18H2,1-2H3. The fourth-order valence-electron chi connectivity index (χ4n) is 3.87. The van der Waals surface area contributed by atoms with E-state index in [-0.39, 0.29) is 5.91 Å². The second kappa shape index (κ2) is 9.79. The molecule has 0 bridgehead atoms. The van der Waals surface area contributed by atoms with Gasteiger partial charge in [-0.15, -0.1) is 0 Å². The molecule has 0 N–H and O–H groups in total. The average molecular weight is 420 g/mol. The Hall–Kier alpha value is -3.12. The molecule has 0 spiro atoms. The molecule has 31 heavy (non-hydrogen) atoms. The number of oxazole rings is 1. The molecule has 1 saturated heterocycles. The molecule has 1 fully saturated rings. The highest BCUT2D eigenvalue weighted by atomic mass is 16.5. The minimum atomic E-state index is 0.166. The zero-order valence-corrected chi connectivity index (χ0v) is 18.2. The van der Waals surface area contributed by atoms with E-state index in [4.69, 9.17) is 9.15 Å². The smallest absolute Gasteiger partial charge is 0.223 e. The molecule has 1 aromatic heterocycles. The Morgan fingerprint density at radius 3 is 2.52 bits per heavy atom. The third-order valence-corrected chi connectivity index (χ3v) is 5.86. The second-order valence-electron chi connectivity index (χ2n) is 7.93. The normalized spacial score (nSPS) is 14.6. The van der Waals surface area contributed by atoms with Gasteiger partial charge in [0.15, 0.2) is 11.7 Å². The van der Waals surface area contributed by atoms with Crippen molar-refractivity contribution in [1.82, 2.24) is 14.8 Å². The van der Waals surface area contributed by atoms with Gasteiger partial charge in [-0.2, -0.15) is 0 Å². The van der Waals surface area contributed by atoms with Crippen LogP contribution in [-0.2, 0) is 17.8 Å². The predicted molar refractivity (Wildman–Crippen MR) is 120 cm³/mol. The van der Waals surface area contributed by atoms with E-state index in [1.54, 1.807) is 13.3 Å². The van der Waals surface area contributed by atoms with Crippen LogP contribution in [-0.4, -0.2) is 54.0 Å². The number of nitrogens with zero attached hydrogens (tertiary/aromatic N) is 3. The molecule has 0 radical (unpaired) electrons. The molecule has 1 aliphatic heterocycles. The maximum atomic E-state index is 12.7. The third kappa shape index (κ3) is 5.33. The Labute approximate surface area is 183 Å². The summed E-state index contributed by atoms with van der Waals surface area (Å²) < 4.78 is 11.0. The second-order valence-corrected chi connectivity index (χ2v) is 7.93. The summed E-state index contributed by atoms with van der Waals surface area (Å²) >= 11 is 0. The van der Waals surface area contributed by atoms with Gasteiger partial charge in [-0.1, -0.05) is 24.3 Å². The van der Waals surface area contributed by atoms with Gasteiger partial charge < -0.3 is 14.1 Å². The van der Waals surface area contributed by atoms with Gasteiger partial charge in [-0.25, -0.2) is 4.98 Å². The quantitative estimate of drug-likeness (QED) is 0.581. The highest BCUT2D eigenvalue weighted by Gasteiger charge is 2.21. The number of hydrogen-bond acceptors (Lipinski definition) is 5. The summed E-state index contributed by atoms with van der Waals surface area (Å²) in [6, 6.07) is 16.1. The van der Waals surface area contributed by atoms with Crippen molar-refractivity contribution < 1.29 is 13.9 Å². The van der Waals surface area contributed by atoms with Crippen molar-refractivity contribution in [3.63, 3.8) is 0 Å². The predicted octanol–water partition coefficient (Wildman–Crippen LogP) is 3.94. The number of benzene rings is 2. The highest BCUT2D eigenvalue weighted by Crippen LogP contribution is 2.23. The lowest BCUT2D eigenvalue weighted by molar-refractivity contribution is -0.133. The number of rotatable bonds is 7. The minimum absolute atomic E-state index is 0.166. The van der Waals surface area contributed by atoms with Crippen molar-refractivity contribution in [3.8, 4) is 17.1 Å². The van der Waals surface area contributed by atoms with Crippen LogP contribution in [0.5, 0.6) is 5.75 Å². The number of aromatic nitrogens is 1. The van der Waals surface area contributed by atoms with Gasteiger partial charge in [-0.3, -0.25) is 9.69 Å². The monoisotopic (exact) mass is 419 g/mol. The van der Waals surface area contributed by atoms with Crippen molar-refractivity contribution in [2.45, 2.75) is 26.3 Å².